The normalized spacial score (nSPS) is 12.2. The van der Waals surface area contributed by atoms with Gasteiger partial charge in [0.2, 0.25) is 0 Å². The lowest BCUT2D eigenvalue weighted by molar-refractivity contribution is 0.671. The Morgan fingerprint density at radius 3 is 2.38 bits per heavy atom. The summed E-state index contributed by atoms with van der Waals surface area (Å²) in [6.45, 7) is 0. The van der Waals surface area contributed by atoms with Crippen LogP contribution in [0.25, 0.3) is 49.3 Å². The SMILES string of the molecule is c1ccc2c(c1)oc1c2ccc2c3ccccc3c3nccn3c21. The van der Waals surface area contributed by atoms with Crippen LogP contribution < -0.4 is 0 Å². The third-order valence-corrected chi connectivity index (χ3v) is 4.86. The van der Waals surface area contributed by atoms with Crippen molar-refractivity contribution >= 4 is 49.3 Å². The van der Waals surface area contributed by atoms with Gasteiger partial charge in [-0.15, -0.1) is 0 Å². The van der Waals surface area contributed by atoms with Gasteiger partial charge in [-0.3, -0.25) is 4.40 Å². The van der Waals surface area contributed by atoms with Crippen molar-refractivity contribution in [2.24, 2.45) is 0 Å². The van der Waals surface area contributed by atoms with E-state index >= 15 is 0 Å². The van der Waals surface area contributed by atoms with Crippen LogP contribution in [0.1, 0.15) is 0 Å². The van der Waals surface area contributed by atoms with Gasteiger partial charge in [-0.2, -0.15) is 0 Å². The molecule has 0 atom stereocenters. The first-order valence-electron chi connectivity index (χ1n) is 7.99. The molecule has 0 aliphatic heterocycles. The Labute approximate surface area is 136 Å². The molecule has 112 valence electrons. The van der Waals surface area contributed by atoms with Crippen molar-refractivity contribution in [1.82, 2.24) is 9.38 Å². The lowest BCUT2D eigenvalue weighted by atomic mass is 10.0. The van der Waals surface area contributed by atoms with Crippen LogP contribution in [0, 0.1) is 0 Å². The standard InChI is InChI=1S/C21H12N2O/c1-2-7-17-13(5-1)15-9-10-16-14-6-3-4-8-18(14)24-20(16)19(15)23-12-11-22-21(17)23/h1-12H. The van der Waals surface area contributed by atoms with Gasteiger partial charge < -0.3 is 4.42 Å². The summed E-state index contributed by atoms with van der Waals surface area (Å²) in [7, 11) is 0. The Bertz CT molecular complexity index is 1410. The minimum absolute atomic E-state index is 0.918. The van der Waals surface area contributed by atoms with Crippen LogP contribution >= 0.6 is 0 Å². The van der Waals surface area contributed by atoms with Crippen LogP contribution in [0.5, 0.6) is 0 Å². The second-order valence-electron chi connectivity index (χ2n) is 6.10. The number of hydrogen-bond donors (Lipinski definition) is 0. The Balaban J connectivity index is 2.02. The molecule has 0 unspecified atom stereocenters. The lowest BCUT2D eigenvalue weighted by Crippen LogP contribution is -1.90. The quantitative estimate of drug-likeness (QED) is 0.345. The number of nitrogens with zero attached hydrogens (tertiary/aromatic N) is 2. The van der Waals surface area contributed by atoms with E-state index < -0.39 is 0 Å². The smallest absolute Gasteiger partial charge is 0.160 e. The van der Waals surface area contributed by atoms with E-state index in [-0.39, 0.29) is 0 Å². The molecule has 3 aromatic heterocycles. The van der Waals surface area contributed by atoms with E-state index in [9.17, 15) is 0 Å². The molecule has 3 heterocycles. The summed E-state index contributed by atoms with van der Waals surface area (Å²) in [6.07, 6.45) is 3.86. The van der Waals surface area contributed by atoms with Crippen LogP contribution in [-0.4, -0.2) is 9.38 Å². The summed E-state index contributed by atoms with van der Waals surface area (Å²) < 4.78 is 8.38. The van der Waals surface area contributed by atoms with E-state index in [1.165, 1.54) is 10.8 Å². The molecule has 3 heteroatoms. The van der Waals surface area contributed by atoms with Gasteiger partial charge in [0.25, 0.3) is 0 Å². The first kappa shape index (κ1) is 12.1. The molecule has 0 saturated heterocycles. The first-order chi connectivity index (χ1) is 11.9. The van der Waals surface area contributed by atoms with Crippen molar-refractivity contribution in [3.63, 3.8) is 0 Å². The minimum atomic E-state index is 0.918. The maximum Gasteiger partial charge on any atom is 0.160 e. The number of benzene rings is 3. The highest BCUT2D eigenvalue weighted by Gasteiger charge is 2.15. The van der Waals surface area contributed by atoms with Gasteiger partial charge in [0.1, 0.15) is 11.2 Å². The molecule has 3 aromatic carbocycles. The molecule has 0 bridgehead atoms. The first-order valence-corrected chi connectivity index (χ1v) is 7.99. The Hall–Kier alpha value is -3.33. The van der Waals surface area contributed by atoms with Crippen molar-refractivity contribution in [3.8, 4) is 0 Å². The average Bonchev–Trinajstić information content (AvgIpc) is 3.26. The molecule has 0 N–H and O–H groups in total. The van der Waals surface area contributed by atoms with E-state index in [0.29, 0.717) is 0 Å². The number of para-hydroxylation sites is 1. The second-order valence-corrected chi connectivity index (χ2v) is 6.10. The zero-order chi connectivity index (χ0) is 15.7. The fraction of sp³-hybridized carbons (Fsp3) is 0. The lowest BCUT2D eigenvalue weighted by Gasteiger charge is -2.08. The fourth-order valence-corrected chi connectivity index (χ4v) is 3.83. The van der Waals surface area contributed by atoms with Crippen molar-refractivity contribution in [3.05, 3.63) is 73.1 Å². The molecule has 0 aliphatic rings. The molecule has 6 aromatic rings. The molecule has 0 aliphatic carbocycles. The monoisotopic (exact) mass is 308 g/mol. The van der Waals surface area contributed by atoms with Crippen molar-refractivity contribution in [2.45, 2.75) is 0 Å². The summed E-state index contributed by atoms with van der Waals surface area (Å²) in [5, 5.41) is 5.83. The minimum Gasteiger partial charge on any atom is -0.454 e. The number of imidazole rings is 1. The predicted octanol–water partition coefficient (Wildman–Crippen LogP) is 5.54. The number of fused-ring (bicyclic) bond motifs is 10. The van der Waals surface area contributed by atoms with Crippen LogP contribution in [0.3, 0.4) is 0 Å². The Morgan fingerprint density at radius 2 is 1.46 bits per heavy atom. The summed E-state index contributed by atoms with van der Waals surface area (Å²) >= 11 is 0. The van der Waals surface area contributed by atoms with Gasteiger partial charge in [-0.1, -0.05) is 48.5 Å². The van der Waals surface area contributed by atoms with Crippen LogP contribution in [0.15, 0.2) is 77.5 Å². The summed E-state index contributed by atoms with van der Waals surface area (Å²) in [4.78, 5) is 4.58. The maximum atomic E-state index is 6.24. The number of rotatable bonds is 0. The highest BCUT2D eigenvalue weighted by atomic mass is 16.3. The van der Waals surface area contributed by atoms with E-state index in [1.807, 2.05) is 24.5 Å². The molecule has 3 nitrogen and oxygen atoms in total. The van der Waals surface area contributed by atoms with Crippen LogP contribution in [0.4, 0.5) is 0 Å². The number of furan rings is 1. The molecule has 0 radical (unpaired) electrons. The highest BCUT2D eigenvalue weighted by molar-refractivity contribution is 6.21. The van der Waals surface area contributed by atoms with E-state index in [0.717, 1.165) is 38.5 Å². The average molecular weight is 308 g/mol. The van der Waals surface area contributed by atoms with Crippen molar-refractivity contribution in [1.29, 1.82) is 0 Å². The van der Waals surface area contributed by atoms with Crippen molar-refractivity contribution < 1.29 is 4.42 Å². The Kier molecular flexibility index (Phi) is 2.10. The molecule has 0 saturated carbocycles. The van der Waals surface area contributed by atoms with Gasteiger partial charge in [-0.25, -0.2) is 4.98 Å². The predicted molar refractivity (Wildman–Crippen MR) is 97.5 cm³/mol. The summed E-state index contributed by atoms with van der Waals surface area (Å²) in [5.74, 6) is 0. The van der Waals surface area contributed by atoms with Gasteiger partial charge in [0.05, 0.1) is 5.52 Å². The van der Waals surface area contributed by atoms with E-state index in [2.05, 4.69) is 57.9 Å². The zero-order valence-electron chi connectivity index (χ0n) is 12.7. The maximum absolute atomic E-state index is 6.24. The van der Waals surface area contributed by atoms with E-state index in [1.54, 1.807) is 0 Å². The molecule has 24 heavy (non-hydrogen) atoms. The molecule has 6 rings (SSSR count). The second kappa shape index (κ2) is 4.15. The van der Waals surface area contributed by atoms with Crippen LogP contribution in [-0.2, 0) is 0 Å². The summed E-state index contributed by atoms with van der Waals surface area (Å²) in [6, 6.07) is 21.0. The third-order valence-electron chi connectivity index (χ3n) is 4.86. The molecular formula is C21H12N2O. The Morgan fingerprint density at radius 1 is 0.708 bits per heavy atom. The topological polar surface area (TPSA) is 30.4 Å². The van der Waals surface area contributed by atoms with Gasteiger partial charge in [-0.05, 0) is 17.5 Å². The van der Waals surface area contributed by atoms with Gasteiger partial charge >= 0.3 is 0 Å². The van der Waals surface area contributed by atoms with Crippen molar-refractivity contribution in [2.75, 3.05) is 0 Å². The molecule has 0 fully saturated rings. The van der Waals surface area contributed by atoms with Gasteiger partial charge in [0.15, 0.2) is 5.58 Å². The number of pyridine rings is 1. The van der Waals surface area contributed by atoms with Crippen LogP contribution in [0.2, 0.25) is 0 Å². The zero-order valence-corrected chi connectivity index (χ0v) is 12.7. The summed E-state index contributed by atoms with van der Waals surface area (Å²) in [5.41, 5.74) is 3.88. The largest absolute Gasteiger partial charge is 0.454 e. The molecular weight excluding hydrogens is 296 g/mol. The number of aromatic nitrogens is 2. The third kappa shape index (κ3) is 1.35. The highest BCUT2D eigenvalue weighted by Crippen LogP contribution is 2.37. The molecule has 0 amide bonds. The number of hydrogen-bond acceptors (Lipinski definition) is 2. The molecule has 0 spiro atoms. The van der Waals surface area contributed by atoms with Gasteiger partial charge in [0, 0.05) is 33.9 Å². The fourth-order valence-electron chi connectivity index (χ4n) is 3.83. The van der Waals surface area contributed by atoms with E-state index in [4.69, 9.17) is 4.42 Å².